The van der Waals surface area contributed by atoms with E-state index in [0.717, 1.165) is 26.2 Å². The third-order valence-corrected chi connectivity index (χ3v) is 4.37. The van der Waals surface area contributed by atoms with Gasteiger partial charge in [0, 0.05) is 36.0 Å². The second kappa shape index (κ2) is 6.13. The molecule has 0 aromatic heterocycles. The number of anilines is 1. The van der Waals surface area contributed by atoms with E-state index < -0.39 is 0 Å². The Bertz CT molecular complexity index is 521. The molecule has 1 fully saturated rings. The maximum Gasteiger partial charge on any atom is 0.0508 e. The molecule has 0 aliphatic carbocycles. The third kappa shape index (κ3) is 3.11. The Balaban J connectivity index is 1.84. The van der Waals surface area contributed by atoms with Crippen LogP contribution in [0.25, 0.3) is 0 Å². The second-order valence-corrected chi connectivity index (χ2v) is 5.74. The van der Waals surface area contributed by atoms with Crippen molar-refractivity contribution in [3.63, 3.8) is 0 Å². The number of piperazine rings is 1. The fourth-order valence-electron chi connectivity index (χ4n) is 2.33. The van der Waals surface area contributed by atoms with Crippen LogP contribution in [0.4, 0.5) is 5.69 Å². The molecule has 1 aliphatic heterocycles. The lowest BCUT2D eigenvalue weighted by Crippen LogP contribution is -2.43. The highest BCUT2D eigenvalue weighted by Crippen LogP contribution is 2.35. The molecule has 2 aromatic rings. The molecule has 0 amide bonds. The average Bonchev–Trinajstić information content (AvgIpc) is 2.50. The van der Waals surface area contributed by atoms with Gasteiger partial charge in [-0.05, 0) is 24.3 Å². The summed E-state index contributed by atoms with van der Waals surface area (Å²) in [6.07, 6.45) is 0. The van der Waals surface area contributed by atoms with Crippen LogP contribution in [0.3, 0.4) is 0 Å². The van der Waals surface area contributed by atoms with Crippen molar-refractivity contribution in [2.75, 3.05) is 31.1 Å². The van der Waals surface area contributed by atoms with Crippen molar-refractivity contribution in [1.29, 1.82) is 0 Å². The maximum atomic E-state index is 3.41. The lowest BCUT2D eigenvalue weighted by Gasteiger charge is -2.30. The van der Waals surface area contributed by atoms with E-state index in [1.54, 1.807) is 0 Å². The highest BCUT2D eigenvalue weighted by atomic mass is 32.2. The lowest BCUT2D eigenvalue weighted by atomic mass is 10.2. The van der Waals surface area contributed by atoms with Gasteiger partial charge < -0.3 is 10.2 Å². The predicted octanol–water partition coefficient (Wildman–Crippen LogP) is 3.25. The topological polar surface area (TPSA) is 15.3 Å². The summed E-state index contributed by atoms with van der Waals surface area (Å²) in [6.45, 7) is 4.33. The summed E-state index contributed by atoms with van der Waals surface area (Å²) < 4.78 is 0. The van der Waals surface area contributed by atoms with Crippen LogP contribution in [0.5, 0.6) is 0 Å². The number of hydrogen-bond acceptors (Lipinski definition) is 3. The van der Waals surface area contributed by atoms with E-state index in [9.17, 15) is 0 Å². The smallest absolute Gasteiger partial charge is 0.0508 e. The molecule has 2 nitrogen and oxygen atoms in total. The van der Waals surface area contributed by atoms with Crippen LogP contribution >= 0.6 is 11.8 Å². The minimum Gasteiger partial charge on any atom is -0.368 e. The molecule has 1 N–H and O–H groups in total. The third-order valence-electron chi connectivity index (χ3n) is 3.29. The minimum absolute atomic E-state index is 1.07. The molecule has 0 unspecified atom stereocenters. The van der Waals surface area contributed by atoms with Crippen molar-refractivity contribution in [3.05, 3.63) is 54.6 Å². The number of benzene rings is 2. The molecule has 3 rings (SSSR count). The number of nitrogens with zero attached hydrogens (tertiary/aromatic N) is 1. The zero-order valence-electron chi connectivity index (χ0n) is 10.9. The summed E-state index contributed by atoms with van der Waals surface area (Å²) in [5.74, 6) is 0. The highest BCUT2D eigenvalue weighted by molar-refractivity contribution is 7.99. The van der Waals surface area contributed by atoms with Crippen LogP contribution in [0.15, 0.2) is 64.4 Å². The van der Waals surface area contributed by atoms with Crippen LogP contribution in [0, 0.1) is 0 Å². The van der Waals surface area contributed by atoms with Gasteiger partial charge in [0.15, 0.2) is 0 Å². The van der Waals surface area contributed by atoms with Crippen molar-refractivity contribution < 1.29 is 0 Å². The van der Waals surface area contributed by atoms with Gasteiger partial charge in [-0.15, -0.1) is 0 Å². The van der Waals surface area contributed by atoms with E-state index in [2.05, 4.69) is 64.8 Å². The van der Waals surface area contributed by atoms with Crippen LogP contribution in [-0.4, -0.2) is 26.2 Å². The van der Waals surface area contributed by atoms with Gasteiger partial charge in [-0.25, -0.2) is 0 Å². The Morgan fingerprint density at radius 2 is 1.53 bits per heavy atom. The van der Waals surface area contributed by atoms with Gasteiger partial charge in [-0.3, -0.25) is 0 Å². The van der Waals surface area contributed by atoms with Crippen molar-refractivity contribution in [1.82, 2.24) is 5.32 Å². The summed E-state index contributed by atoms with van der Waals surface area (Å²) in [4.78, 5) is 5.11. The van der Waals surface area contributed by atoms with Gasteiger partial charge in [0.2, 0.25) is 0 Å². The molecule has 2 aromatic carbocycles. The molecule has 0 atom stereocenters. The van der Waals surface area contributed by atoms with E-state index in [1.165, 1.54) is 15.5 Å². The van der Waals surface area contributed by atoms with E-state index in [1.807, 2.05) is 11.8 Å². The first-order valence-electron chi connectivity index (χ1n) is 6.71. The Kier molecular flexibility index (Phi) is 4.06. The Labute approximate surface area is 118 Å². The summed E-state index contributed by atoms with van der Waals surface area (Å²) in [7, 11) is 0. The van der Waals surface area contributed by atoms with Gasteiger partial charge in [-0.2, -0.15) is 0 Å². The van der Waals surface area contributed by atoms with Crippen molar-refractivity contribution in [3.8, 4) is 0 Å². The molecule has 1 aliphatic rings. The molecule has 0 saturated carbocycles. The minimum atomic E-state index is 1.07. The van der Waals surface area contributed by atoms with E-state index in [-0.39, 0.29) is 0 Å². The Hall–Kier alpha value is -1.45. The van der Waals surface area contributed by atoms with Crippen molar-refractivity contribution >= 4 is 17.4 Å². The van der Waals surface area contributed by atoms with E-state index in [0.29, 0.717) is 0 Å². The fourth-order valence-corrected chi connectivity index (χ4v) is 3.32. The van der Waals surface area contributed by atoms with Gasteiger partial charge in [0.05, 0.1) is 5.69 Å². The largest absolute Gasteiger partial charge is 0.368 e. The van der Waals surface area contributed by atoms with Crippen molar-refractivity contribution in [2.24, 2.45) is 0 Å². The highest BCUT2D eigenvalue weighted by Gasteiger charge is 2.14. The number of para-hydroxylation sites is 1. The first kappa shape index (κ1) is 12.6. The lowest BCUT2D eigenvalue weighted by molar-refractivity contribution is 0.587. The predicted molar refractivity (Wildman–Crippen MR) is 82.1 cm³/mol. The van der Waals surface area contributed by atoms with Crippen LogP contribution in [0.2, 0.25) is 0 Å². The first-order valence-corrected chi connectivity index (χ1v) is 7.53. The quantitative estimate of drug-likeness (QED) is 0.921. The van der Waals surface area contributed by atoms with Gasteiger partial charge in [-0.1, -0.05) is 42.1 Å². The van der Waals surface area contributed by atoms with Crippen molar-refractivity contribution in [2.45, 2.75) is 9.79 Å². The Morgan fingerprint density at radius 3 is 2.32 bits per heavy atom. The molecule has 1 saturated heterocycles. The normalized spacial score (nSPS) is 15.5. The molecular weight excluding hydrogens is 252 g/mol. The van der Waals surface area contributed by atoms with Gasteiger partial charge in [0.1, 0.15) is 0 Å². The molecule has 98 valence electrons. The molecule has 0 spiro atoms. The molecule has 0 bridgehead atoms. The fraction of sp³-hybridized carbons (Fsp3) is 0.250. The molecular formula is C16H18N2S. The maximum absolute atomic E-state index is 3.41. The number of rotatable bonds is 3. The van der Waals surface area contributed by atoms with Gasteiger partial charge >= 0.3 is 0 Å². The molecule has 1 heterocycles. The molecule has 19 heavy (non-hydrogen) atoms. The first-order chi connectivity index (χ1) is 9.43. The molecule has 3 heteroatoms. The number of nitrogens with one attached hydrogen (secondary N) is 1. The Morgan fingerprint density at radius 1 is 0.842 bits per heavy atom. The zero-order valence-corrected chi connectivity index (χ0v) is 11.7. The van der Waals surface area contributed by atoms with Crippen LogP contribution in [-0.2, 0) is 0 Å². The summed E-state index contributed by atoms with van der Waals surface area (Å²) in [5.41, 5.74) is 1.36. The summed E-state index contributed by atoms with van der Waals surface area (Å²) in [5, 5.41) is 3.41. The SMILES string of the molecule is c1ccc(Sc2ccccc2N2CCNCC2)cc1. The average molecular weight is 270 g/mol. The second-order valence-electron chi connectivity index (χ2n) is 4.62. The van der Waals surface area contributed by atoms with Crippen LogP contribution < -0.4 is 10.2 Å². The standard InChI is InChI=1S/C16H18N2S/c1-2-6-14(7-3-1)19-16-9-5-4-8-15(16)18-12-10-17-11-13-18/h1-9,17H,10-13H2. The summed E-state index contributed by atoms with van der Waals surface area (Å²) >= 11 is 1.85. The van der Waals surface area contributed by atoms with Gasteiger partial charge in [0.25, 0.3) is 0 Å². The van der Waals surface area contributed by atoms with E-state index in [4.69, 9.17) is 0 Å². The monoisotopic (exact) mass is 270 g/mol. The number of hydrogen-bond donors (Lipinski definition) is 1. The van der Waals surface area contributed by atoms with Crippen LogP contribution in [0.1, 0.15) is 0 Å². The zero-order chi connectivity index (χ0) is 12.9. The van der Waals surface area contributed by atoms with E-state index >= 15 is 0 Å². The summed E-state index contributed by atoms with van der Waals surface area (Å²) in [6, 6.07) is 19.3. The molecule has 0 radical (unpaired) electrons.